The van der Waals surface area contributed by atoms with E-state index in [0.717, 1.165) is 37.7 Å². The molecule has 2 saturated heterocycles. The maximum Gasteiger partial charge on any atom is 0.314 e. The molecule has 8 nitrogen and oxygen atoms in total. The number of methoxy groups -OCH3 is 3. The lowest BCUT2D eigenvalue weighted by atomic mass is 9.77. The monoisotopic (exact) mass is 522 g/mol. The van der Waals surface area contributed by atoms with Crippen LogP contribution in [0.2, 0.25) is 0 Å². The summed E-state index contributed by atoms with van der Waals surface area (Å²) in [5, 5.41) is 23.0. The van der Waals surface area contributed by atoms with Crippen LogP contribution in [-0.4, -0.2) is 73.8 Å². The largest absolute Gasteiger partial charge is 0.457 e. The average molecular weight is 523 g/mol. The highest BCUT2D eigenvalue weighted by atomic mass is 16.7. The van der Waals surface area contributed by atoms with Crippen LogP contribution in [0.1, 0.15) is 71.0 Å². The van der Waals surface area contributed by atoms with Gasteiger partial charge in [0.05, 0.1) is 24.4 Å². The molecule has 210 valence electrons. The van der Waals surface area contributed by atoms with Crippen LogP contribution in [0.15, 0.2) is 30.3 Å². The molecular weight excluding hydrogens is 476 g/mol. The molecule has 10 unspecified atom stereocenters. The normalized spacial score (nSPS) is 40.6. The summed E-state index contributed by atoms with van der Waals surface area (Å²) in [5.41, 5.74) is 0.891. The smallest absolute Gasteiger partial charge is 0.314 e. The third-order valence-corrected chi connectivity index (χ3v) is 8.45. The topological polar surface area (TPSA) is 104 Å². The number of aliphatic hydroxyl groups excluding tert-OH is 1. The summed E-state index contributed by atoms with van der Waals surface area (Å²) >= 11 is 0. The van der Waals surface area contributed by atoms with Crippen molar-refractivity contribution in [1.29, 1.82) is 0 Å². The van der Waals surface area contributed by atoms with Crippen molar-refractivity contribution < 1.29 is 38.7 Å². The van der Waals surface area contributed by atoms with Crippen molar-refractivity contribution in [2.75, 3.05) is 21.3 Å². The van der Waals surface area contributed by atoms with Crippen LogP contribution in [0.5, 0.6) is 0 Å². The zero-order valence-corrected chi connectivity index (χ0v) is 23.2. The summed E-state index contributed by atoms with van der Waals surface area (Å²) < 4.78 is 29.5. The molecule has 3 rings (SSSR count). The Bertz CT molecular complexity index is 834. The van der Waals surface area contributed by atoms with E-state index in [1.165, 1.54) is 7.11 Å². The Morgan fingerprint density at radius 1 is 0.892 bits per heavy atom. The molecule has 0 amide bonds. The lowest BCUT2D eigenvalue weighted by Gasteiger charge is -2.51. The second kappa shape index (κ2) is 13.5. The van der Waals surface area contributed by atoms with Crippen molar-refractivity contribution in [3.8, 4) is 0 Å². The Morgan fingerprint density at radius 2 is 1.51 bits per heavy atom. The summed E-state index contributed by atoms with van der Waals surface area (Å²) in [7, 11) is 4.82. The van der Waals surface area contributed by atoms with E-state index >= 15 is 0 Å². The third-order valence-electron chi connectivity index (χ3n) is 8.45. The van der Waals surface area contributed by atoms with Crippen molar-refractivity contribution in [2.24, 2.45) is 17.8 Å². The Kier molecular flexibility index (Phi) is 10.9. The van der Waals surface area contributed by atoms with Gasteiger partial charge < -0.3 is 33.9 Å². The Labute approximate surface area is 221 Å². The first kappa shape index (κ1) is 30.0. The number of benzene rings is 1. The minimum absolute atomic E-state index is 0.0302. The fourth-order valence-electron chi connectivity index (χ4n) is 5.95. The van der Waals surface area contributed by atoms with Gasteiger partial charge in [-0.25, -0.2) is 0 Å². The number of ether oxygens (including phenoxy) is 5. The zero-order valence-electron chi connectivity index (χ0n) is 23.2. The van der Waals surface area contributed by atoms with Gasteiger partial charge in [0.2, 0.25) is 5.79 Å². The first-order valence-corrected chi connectivity index (χ1v) is 13.6. The second-order valence-corrected chi connectivity index (χ2v) is 10.8. The molecule has 2 N–H and O–H groups in total. The number of carbonyl (C=O) groups excluding carboxylic acids is 1. The molecule has 10 atom stereocenters. The lowest BCUT2D eigenvalue weighted by molar-refractivity contribution is -0.362. The first-order chi connectivity index (χ1) is 17.7. The zero-order chi connectivity index (χ0) is 27.2. The van der Waals surface area contributed by atoms with Crippen LogP contribution in [-0.2, 0) is 28.5 Å². The number of hydrogen-bond acceptors (Lipinski definition) is 8. The molecule has 37 heavy (non-hydrogen) atoms. The summed E-state index contributed by atoms with van der Waals surface area (Å²) in [6, 6.07) is 9.62. The number of rotatable bonds is 4. The molecular formula is C29H46O8. The predicted octanol–water partition coefficient (Wildman–Crippen LogP) is 4.03. The van der Waals surface area contributed by atoms with Crippen LogP contribution in [0.3, 0.4) is 0 Å². The van der Waals surface area contributed by atoms with E-state index in [1.54, 1.807) is 21.1 Å². The van der Waals surface area contributed by atoms with Crippen LogP contribution in [0.4, 0.5) is 0 Å². The highest BCUT2D eigenvalue weighted by Gasteiger charge is 2.58. The SMILES string of the molecule is COC1CCCCC(c2ccccc2)OC(=O)C(C)C2(O)OC(C(C)CCC1OC)C(C)C(O)C2OC. The molecule has 0 aromatic heterocycles. The molecule has 0 saturated carbocycles. The molecule has 0 aliphatic carbocycles. The Morgan fingerprint density at radius 3 is 2.14 bits per heavy atom. The van der Waals surface area contributed by atoms with Gasteiger partial charge in [0.1, 0.15) is 18.1 Å². The maximum atomic E-state index is 13.5. The summed E-state index contributed by atoms with van der Waals surface area (Å²) in [6.07, 6.45) is 1.41. The van der Waals surface area contributed by atoms with Crippen molar-refractivity contribution in [1.82, 2.24) is 0 Å². The first-order valence-electron chi connectivity index (χ1n) is 13.6. The van der Waals surface area contributed by atoms with Crippen LogP contribution in [0, 0.1) is 17.8 Å². The summed E-state index contributed by atoms with van der Waals surface area (Å²) in [6.45, 7) is 5.50. The molecule has 2 aliphatic rings. The van der Waals surface area contributed by atoms with Gasteiger partial charge >= 0.3 is 5.97 Å². The van der Waals surface area contributed by atoms with Crippen LogP contribution < -0.4 is 0 Å². The fourth-order valence-corrected chi connectivity index (χ4v) is 5.95. The van der Waals surface area contributed by atoms with E-state index in [4.69, 9.17) is 23.7 Å². The van der Waals surface area contributed by atoms with Gasteiger partial charge in [-0.3, -0.25) is 4.79 Å². The van der Waals surface area contributed by atoms with Crippen molar-refractivity contribution in [3.05, 3.63) is 35.9 Å². The van der Waals surface area contributed by atoms with E-state index in [0.29, 0.717) is 6.42 Å². The standard InChI is InChI=1S/C29H46O8/c1-18-16-17-24(34-5)23(33-4)15-11-10-14-22(21-12-8-7-9-13-21)36-28(31)20(3)29(32)27(35-6)25(30)19(2)26(18)37-29/h7-9,12-13,18-20,22-27,30,32H,10-11,14-17H2,1-6H3. The van der Waals surface area contributed by atoms with Gasteiger partial charge in [0.15, 0.2) is 0 Å². The van der Waals surface area contributed by atoms with Crippen LogP contribution >= 0.6 is 0 Å². The van der Waals surface area contributed by atoms with Gasteiger partial charge in [-0.1, -0.05) is 50.6 Å². The van der Waals surface area contributed by atoms with E-state index in [-0.39, 0.29) is 24.0 Å². The van der Waals surface area contributed by atoms with Crippen molar-refractivity contribution in [3.63, 3.8) is 0 Å². The molecule has 8 heteroatoms. The minimum atomic E-state index is -2.05. The Balaban J connectivity index is 1.96. The lowest BCUT2D eigenvalue weighted by Crippen LogP contribution is -2.67. The molecule has 2 aliphatic heterocycles. The van der Waals surface area contributed by atoms with Gasteiger partial charge in [0, 0.05) is 27.2 Å². The summed E-state index contributed by atoms with van der Waals surface area (Å²) in [4.78, 5) is 13.5. The number of cyclic esters (lactones) is 1. The average Bonchev–Trinajstić information content (AvgIpc) is 2.90. The van der Waals surface area contributed by atoms with E-state index in [9.17, 15) is 15.0 Å². The molecule has 2 heterocycles. The molecule has 1 aromatic carbocycles. The van der Waals surface area contributed by atoms with E-state index in [1.807, 2.05) is 44.2 Å². The van der Waals surface area contributed by atoms with E-state index in [2.05, 4.69) is 0 Å². The molecule has 0 spiro atoms. The quantitative estimate of drug-likeness (QED) is 0.572. The number of esters is 1. The minimum Gasteiger partial charge on any atom is -0.457 e. The van der Waals surface area contributed by atoms with Crippen molar-refractivity contribution in [2.45, 2.75) is 102 Å². The highest BCUT2D eigenvalue weighted by Crippen LogP contribution is 2.42. The second-order valence-electron chi connectivity index (χ2n) is 10.8. The number of aliphatic hydroxyl groups is 2. The fraction of sp³-hybridized carbons (Fsp3) is 0.759. The van der Waals surface area contributed by atoms with Crippen molar-refractivity contribution >= 4 is 5.97 Å². The molecule has 2 fully saturated rings. The molecule has 2 bridgehead atoms. The third kappa shape index (κ3) is 6.72. The van der Waals surface area contributed by atoms with Gasteiger partial charge in [-0.05, 0) is 50.5 Å². The predicted molar refractivity (Wildman–Crippen MR) is 139 cm³/mol. The van der Waals surface area contributed by atoms with Gasteiger partial charge in [-0.2, -0.15) is 0 Å². The molecule has 0 radical (unpaired) electrons. The van der Waals surface area contributed by atoms with Gasteiger partial charge in [0.25, 0.3) is 0 Å². The number of hydrogen-bond donors (Lipinski definition) is 2. The van der Waals surface area contributed by atoms with Crippen LogP contribution in [0.25, 0.3) is 0 Å². The Hall–Kier alpha value is -1.55. The maximum absolute atomic E-state index is 13.5. The van der Waals surface area contributed by atoms with Gasteiger partial charge in [-0.15, -0.1) is 0 Å². The van der Waals surface area contributed by atoms with E-state index < -0.39 is 42.1 Å². The number of carbonyl (C=O) groups is 1. The highest BCUT2D eigenvalue weighted by molar-refractivity contribution is 5.73. The summed E-state index contributed by atoms with van der Waals surface area (Å²) in [5.74, 6) is -4.08. The number of fused-ring (bicyclic) bond motifs is 2. The molecule has 1 aromatic rings.